The lowest BCUT2D eigenvalue weighted by molar-refractivity contribution is -0.149. The number of amides is 2. The monoisotopic (exact) mass is 399 g/mol. The van der Waals surface area contributed by atoms with Crippen LogP contribution in [0.1, 0.15) is 41.7 Å². The smallest absolute Gasteiger partial charge is 0.267 e. The van der Waals surface area contributed by atoms with Crippen LogP contribution in [0.2, 0.25) is 0 Å². The molecule has 29 heavy (non-hydrogen) atoms. The van der Waals surface area contributed by atoms with Crippen molar-refractivity contribution in [2.24, 2.45) is 11.8 Å². The van der Waals surface area contributed by atoms with Crippen LogP contribution >= 0.6 is 0 Å². The third-order valence-corrected chi connectivity index (χ3v) is 6.17. The van der Waals surface area contributed by atoms with Crippen LogP contribution in [-0.2, 0) is 9.53 Å². The van der Waals surface area contributed by atoms with Crippen molar-refractivity contribution in [1.29, 1.82) is 5.26 Å². The molecule has 3 aliphatic rings. The predicted molar refractivity (Wildman–Crippen MR) is 106 cm³/mol. The topological polar surface area (TPSA) is 101 Å². The lowest BCUT2D eigenvalue weighted by Crippen LogP contribution is -2.52. The van der Waals surface area contributed by atoms with Gasteiger partial charge in [-0.15, -0.1) is 0 Å². The number of morpholine rings is 1. The quantitative estimate of drug-likeness (QED) is 0.711. The molecule has 2 saturated heterocycles. The number of nitrogens with one attached hydrogen (secondary N) is 2. The zero-order chi connectivity index (χ0) is 20.2. The number of nitriles is 1. The van der Waals surface area contributed by atoms with Gasteiger partial charge in [-0.3, -0.25) is 9.59 Å². The molecule has 156 valence electrons. The van der Waals surface area contributed by atoms with Gasteiger partial charge in [0.15, 0.2) is 0 Å². The van der Waals surface area contributed by atoms with E-state index in [1.54, 1.807) is 0 Å². The Balaban J connectivity index is 1.21. The Morgan fingerprint density at radius 2 is 2.00 bits per heavy atom. The Morgan fingerprint density at radius 3 is 2.69 bits per heavy atom. The predicted octanol–water partition coefficient (Wildman–Crippen LogP) is 0.966. The first-order valence-electron chi connectivity index (χ1n) is 10.6. The third kappa shape index (κ3) is 5.37. The molecule has 1 atom stereocenters. The van der Waals surface area contributed by atoms with Gasteiger partial charge in [-0.05, 0) is 56.7 Å². The standard InChI is InChI=1S/C21H29N5O3/c22-8-17-7-19(23-9-17)21(28)24-10-18-13-26(20(27)14-29-18)12-16-3-5-25(6-4-16)11-15-1-2-15/h7,9,15-16,18,23H,1-6,10-14H2,(H,24,28)/t18-/m0/s1. The maximum atomic E-state index is 12.3. The van der Waals surface area contributed by atoms with E-state index in [-0.39, 0.29) is 24.5 Å². The summed E-state index contributed by atoms with van der Waals surface area (Å²) in [5.41, 5.74) is 0.771. The average Bonchev–Trinajstić information content (AvgIpc) is 3.41. The highest BCUT2D eigenvalue weighted by Crippen LogP contribution is 2.31. The molecular formula is C21H29N5O3. The number of carbonyl (C=O) groups excluding carboxylic acids is 2. The van der Waals surface area contributed by atoms with Crippen molar-refractivity contribution in [2.45, 2.75) is 31.8 Å². The second-order valence-corrected chi connectivity index (χ2v) is 8.54. The summed E-state index contributed by atoms with van der Waals surface area (Å²) in [5, 5.41) is 11.7. The molecule has 0 aromatic carbocycles. The van der Waals surface area contributed by atoms with E-state index in [0.29, 0.717) is 30.3 Å². The zero-order valence-electron chi connectivity index (χ0n) is 16.7. The molecule has 0 bridgehead atoms. The van der Waals surface area contributed by atoms with E-state index in [1.807, 2.05) is 11.0 Å². The van der Waals surface area contributed by atoms with Crippen LogP contribution in [-0.4, -0.2) is 78.6 Å². The first kappa shape index (κ1) is 19.9. The number of nitrogens with zero attached hydrogens (tertiary/aromatic N) is 3. The Hall–Kier alpha value is -2.37. The Bertz CT molecular complexity index is 774. The van der Waals surface area contributed by atoms with Crippen LogP contribution in [0.5, 0.6) is 0 Å². The molecule has 3 heterocycles. The number of aromatic amines is 1. The SMILES string of the molecule is N#Cc1c[nH]c(C(=O)NC[C@H]2CN(CC3CCN(CC4CC4)CC3)C(=O)CO2)c1. The number of H-pyrrole nitrogens is 1. The number of aromatic nitrogens is 1. The fourth-order valence-corrected chi connectivity index (χ4v) is 4.20. The van der Waals surface area contributed by atoms with Crippen molar-refractivity contribution in [1.82, 2.24) is 20.1 Å². The van der Waals surface area contributed by atoms with Gasteiger partial charge in [0, 0.05) is 32.4 Å². The maximum Gasteiger partial charge on any atom is 0.267 e. The fraction of sp³-hybridized carbons (Fsp3) is 0.667. The highest BCUT2D eigenvalue weighted by atomic mass is 16.5. The van der Waals surface area contributed by atoms with Crippen LogP contribution in [0.4, 0.5) is 0 Å². The summed E-state index contributed by atoms with van der Waals surface area (Å²) in [6.07, 6.45) is 6.37. The van der Waals surface area contributed by atoms with E-state index in [4.69, 9.17) is 10.00 Å². The van der Waals surface area contributed by atoms with Gasteiger partial charge in [0.25, 0.3) is 5.91 Å². The molecule has 2 aliphatic heterocycles. The van der Waals surface area contributed by atoms with Crippen molar-refractivity contribution in [3.63, 3.8) is 0 Å². The van der Waals surface area contributed by atoms with E-state index in [0.717, 1.165) is 38.4 Å². The van der Waals surface area contributed by atoms with Crippen LogP contribution in [0.25, 0.3) is 0 Å². The molecule has 3 fully saturated rings. The first-order chi connectivity index (χ1) is 14.1. The molecule has 8 nitrogen and oxygen atoms in total. The normalized spacial score (nSPS) is 23.8. The number of hydrogen-bond donors (Lipinski definition) is 2. The van der Waals surface area contributed by atoms with Gasteiger partial charge in [0.05, 0.1) is 11.7 Å². The molecule has 0 unspecified atom stereocenters. The molecule has 1 aromatic heterocycles. The molecule has 2 N–H and O–H groups in total. The van der Waals surface area contributed by atoms with Crippen molar-refractivity contribution < 1.29 is 14.3 Å². The van der Waals surface area contributed by atoms with Gasteiger partial charge in [-0.25, -0.2) is 0 Å². The van der Waals surface area contributed by atoms with E-state index >= 15 is 0 Å². The second-order valence-electron chi connectivity index (χ2n) is 8.54. The molecule has 1 aromatic rings. The Labute approximate surface area is 171 Å². The van der Waals surface area contributed by atoms with Gasteiger partial charge >= 0.3 is 0 Å². The molecular weight excluding hydrogens is 370 g/mol. The van der Waals surface area contributed by atoms with Crippen LogP contribution in [0.15, 0.2) is 12.3 Å². The van der Waals surface area contributed by atoms with Gasteiger partial charge in [0.2, 0.25) is 5.91 Å². The van der Waals surface area contributed by atoms with Gasteiger partial charge < -0.3 is 24.8 Å². The lowest BCUT2D eigenvalue weighted by Gasteiger charge is -2.38. The summed E-state index contributed by atoms with van der Waals surface area (Å²) in [4.78, 5) is 31.8. The van der Waals surface area contributed by atoms with E-state index in [1.165, 1.54) is 31.6 Å². The average molecular weight is 399 g/mol. The Kier molecular flexibility index (Phi) is 6.16. The molecule has 2 amide bonds. The maximum absolute atomic E-state index is 12.3. The summed E-state index contributed by atoms with van der Waals surface area (Å²) in [5.74, 6) is 1.24. The van der Waals surface area contributed by atoms with Crippen LogP contribution < -0.4 is 5.32 Å². The van der Waals surface area contributed by atoms with Crippen LogP contribution in [0, 0.1) is 23.2 Å². The second kappa shape index (κ2) is 8.97. The molecule has 1 saturated carbocycles. The minimum absolute atomic E-state index is 0.0380. The van der Waals surface area contributed by atoms with Crippen molar-refractivity contribution >= 4 is 11.8 Å². The number of piperidine rings is 1. The van der Waals surface area contributed by atoms with Gasteiger partial charge in [0.1, 0.15) is 18.4 Å². The van der Waals surface area contributed by atoms with Crippen molar-refractivity contribution in [3.05, 3.63) is 23.5 Å². The van der Waals surface area contributed by atoms with Crippen molar-refractivity contribution in [2.75, 3.05) is 45.9 Å². The largest absolute Gasteiger partial charge is 0.365 e. The highest BCUT2D eigenvalue weighted by Gasteiger charge is 2.31. The summed E-state index contributed by atoms with van der Waals surface area (Å²) in [6.45, 7) is 5.23. The minimum atomic E-state index is -0.276. The van der Waals surface area contributed by atoms with E-state index in [9.17, 15) is 9.59 Å². The van der Waals surface area contributed by atoms with Crippen LogP contribution in [0.3, 0.4) is 0 Å². The number of ether oxygens (including phenoxy) is 1. The van der Waals surface area contributed by atoms with E-state index < -0.39 is 0 Å². The third-order valence-electron chi connectivity index (χ3n) is 6.17. The number of hydrogen-bond acceptors (Lipinski definition) is 5. The summed E-state index contributed by atoms with van der Waals surface area (Å²) in [7, 11) is 0. The zero-order valence-corrected chi connectivity index (χ0v) is 16.7. The van der Waals surface area contributed by atoms with Gasteiger partial charge in [-0.2, -0.15) is 5.26 Å². The number of rotatable bonds is 7. The minimum Gasteiger partial charge on any atom is -0.365 e. The lowest BCUT2D eigenvalue weighted by atomic mass is 9.95. The van der Waals surface area contributed by atoms with Crippen molar-refractivity contribution in [3.8, 4) is 6.07 Å². The Morgan fingerprint density at radius 1 is 1.24 bits per heavy atom. The summed E-state index contributed by atoms with van der Waals surface area (Å²) >= 11 is 0. The number of likely N-dealkylation sites (tertiary alicyclic amines) is 1. The molecule has 1 aliphatic carbocycles. The highest BCUT2D eigenvalue weighted by molar-refractivity contribution is 5.92. The first-order valence-corrected chi connectivity index (χ1v) is 10.6. The molecule has 0 spiro atoms. The van der Waals surface area contributed by atoms with Gasteiger partial charge in [-0.1, -0.05) is 0 Å². The molecule has 4 rings (SSSR count). The number of carbonyl (C=O) groups is 2. The van der Waals surface area contributed by atoms with E-state index in [2.05, 4.69) is 15.2 Å². The summed E-state index contributed by atoms with van der Waals surface area (Å²) < 4.78 is 5.61. The summed E-state index contributed by atoms with van der Waals surface area (Å²) in [6, 6.07) is 3.51. The molecule has 8 heteroatoms. The fourth-order valence-electron chi connectivity index (χ4n) is 4.20. The molecule has 0 radical (unpaired) electrons.